The van der Waals surface area contributed by atoms with Gasteiger partial charge in [0.05, 0.1) is 23.7 Å². The van der Waals surface area contributed by atoms with Gasteiger partial charge in [-0.15, -0.1) is 11.6 Å². The van der Waals surface area contributed by atoms with Crippen molar-refractivity contribution < 1.29 is 4.74 Å². The van der Waals surface area contributed by atoms with Crippen molar-refractivity contribution in [1.82, 2.24) is 9.55 Å². The number of aromatic nitrogens is 2. The van der Waals surface area contributed by atoms with Gasteiger partial charge in [-0.05, 0) is 37.5 Å². The van der Waals surface area contributed by atoms with E-state index in [0.29, 0.717) is 12.0 Å². The molecule has 1 aromatic heterocycles. The summed E-state index contributed by atoms with van der Waals surface area (Å²) < 4.78 is 8.28. The molecule has 114 valence electrons. The smallest absolute Gasteiger partial charge is 0.111 e. The lowest BCUT2D eigenvalue weighted by Gasteiger charge is -2.13. The third-order valence-corrected chi connectivity index (χ3v) is 4.46. The lowest BCUT2D eigenvalue weighted by atomic mass is 10.2. The number of rotatable bonds is 6. The molecule has 0 N–H and O–H groups in total. The van der Waals surface area contributed by atoms with Crippen molar-refractivity contribution in [3.63, 3.8) is 0 Å². The highest BCUT2D eigenvalue weighted by molar-refractivity contribution is 6.17. The van der Waals surface area contributed by atoms with Crippen LogP contribution in [-0.2, 0) is 17.7 Å². The Morgan fingerprint density at radius 3 is 2.90 bits per heavy atom. The number of nitrogens with zero attached hydrogens (tertiary/aromatic N) is 2. The molecule has 0 aliphatic heterocycles. The van der Waals surface area contributed by atoms with Gasteiger partial charge in [0, 0.05) is 18.8 Å². The summed E-state index contributed by atoms with van der Waals surface area (Å²) in [6.45, 7) is 3.75. The summed E-state index contributed by atoms with van der Waals surface area (Å²) in [6, 6.07) is 6.41. The van der Waals surface area contributed by atoms with E-state index in [1.165, 1.54) is 36.8 Å². The number of alkyl halides is 1. The molecule has 0 spiro atoms. The topological polar surface area (TPSA) is 27.1 Å². The number of imidazole rings is 1. The summed E-state index contributed by atoms with van der Waals surface area (Å²) in [4.78, 5) is 4.72. The van der Waals surface area contributed by atoms with E-state index >= 15 is 0 Å². The highest BCUT2D eigenvalue weighted by Crippen LogP contribution is 2.22. The van der Waals surface area contributed by atoms with Crippen molar-refractivity contribution in [2.75, 3.05) is 12.5 Å². The lowest BCUT2D eigenvalue weighted by Crippen LogP contribution is -2.15. The Balaban J connectivity index is 1.77. The largest absolute Gasteiger partial charge is 0.376 e. The summed E-state index contributed by atoms with van der Waals surface area (Å²) in [5.41, 5.74) is 3.52. The van der Waals surface area contributed by atoms with E-state index in [1.54, 1.807) is 0 Å². The standard InChI is InChI=1S/C17H23ClN2O/c1-13-6-7-15-16(12-13)20(17(19-15)8-9-18)10-11-21-14-4-2-3-5-14/h6-7,12,14H,2-5,8-11H2,1H3. The first kappa shape index (κ1) is 14.9. The van der Waals surface area contributed by atoms with Crippen molar-refractivity contribution in [1.29, 1.82) is 0 Å². The summed E-state index contributed by atoms with van der Waals surface area (Å²) in [5, 5.41) is 0. The summed E-state index contributed by atoms with van der Waals surface area (Å²) in [7, 11) is 0. The molecular weight excluding hydrogens is 284 g/mol. The average molecular weight is 307 g/mol. The maximum absolute atomic E-state index is 6.01. The first-order valence-corrected chi connectivity index (χ1v) is 8.44. The minimum Gasteiger partial charge on any atom is -0.376 e. The molecule has 0 amide bonds. The molecule has 0 saturated heterocycles. The Hall–Kier alpha value is -1.06. The Labute approximate surface area is 131 Å². The fourth-order valence-corrected chi connectivity index (χ4v) is 3.34. The van der Waals surface area contributed by atoms with Crippen molar-refractivity contribution in [3.8, 4) is 0 Å². The van der Waals surface area contributed by atoms with E-state index in [1.807, 2.05) is 0 Å². The van der Waals surface area contributed by atoms with Crippen molar-refractivity contribution in [3.05, 3.63) is 29.6 Å². The van der Waals surface area contributed by atoms with E-state index in [-0.39, 0.29) is 0 Å². The molecule has 1 aliphatic rings. The van der Waals surface area contributed by atoms with Crippen LogP contribution < -0.4 is 0 Å². The minimum atomic E-state index is 0.470. The molecule has 1 saturated carbocycles. The van der Waals surface area contributed by atoms with Crippen molar-refractivity contribution in [2.24, 2.45) is 0 Å². The van der Waals surface area contributed by atoms with Crippen LogP contribution >= 0.6 is 11.6 Å². The van der Waals surface area contributed by atoms with E-state index in [9.17, 15) is 0 Å². The number of fused-ring (bicyclic) bond motifs is 1. The molecule has 1 aromatic carbocycles. The summed E-state index contributed by atoms with van der Waals surface area (Å²) in [6.07, 6.45) is 6.35. The van der Waals surface area contributed by atoms with E-state index < -0.39 is 0 Å². The molecule has 21 heavy (non-hydrogen) atoms. The highest BCUT2D eigenvalue weighted by atomic mass is 35.5. The fraction of sp³-hybridized carbons (Fsp3) is 0.588. The number of ether oxygens (including phenoxy) is 1. The quantitative estimate of drug-likeness (QED) is 0.752. The second kappa shape index (κ2) is 6.80. The predicted molar refractivity (Wildman–Crippen MR) is 87.1 cm³/mol. The number of benzene rings is 1. The second-order valence-corrected chi connectivity index (χ2v) is 6.27. The number of aryl methyl sites for hydroxylation is 2. The Morgan fingerprint density at radius 1 is 1.33 bits per heavy atom. The Bertz CT molecular complexity index is 602. The van der Waals surface area contributed by atoms with Gasteiger partial charge < -0.3 is 9.30 Å². The molecule has 3 rings (SSSR count). The second-order valence-electron chi connectivity index (χ2n) is 5.89. The first-order valence-electron chi connectivity index (χ1n) is 7.91. The van der Waals surface area contributed by atoms with Gasteiger partial charge in [-0.3, -0.25) is 0 Å². The Morgan fingerprint density at radius 2 is 2.14 bits per heavy atom. The van der Waals surface area contributed by atoms with Gasteiger partial charge in [-0.1, -0.05) is 18.9 Å². The van der Waals surface area contributed by atoms with Crippen LogP contribution in [0.4, 0.5) is 0 Å². The van der Waals surface area contributed by atoms with Crippen LogP contribution in [0, 0.1) is 6.92 Å². The molecule has 1 heterocycles. The van der Waals surface area contributed by atoms with Crippen molar-refractivity contribution in [2.45, 2.75) is 51.7 Å². The van der Waals surface area contributed by atoms with Gasteiger partial charge in [-0.2, -0.15) is 0 Å². The van der Waals surface area contributed by atoms with Crippen LogP contribution in [0.15, 0.2) is 18.2 Å². The molecule has 1 fully saturated rings. The zero-order valence-electron chi connectivity index (χ0n) is 12.6. The average Bonchev–Trinajstić information content (AvgIpc) is 3.08. The lowest BCUT2D eigenvalue weighted by molar-refractivity contribution is 0.0531. The van der Waals surface area contributed by atoms with E-state index in [4.69, 9.17) is 21.3 Å². The Kier molecular flexibility index (Phi) is 4.81. The zero-order valence-corrected chi connectivity index (χ0v) is 13.4. The summed E-state index contributed by atoms with van der Waals surface area (Å²) >= 11 is 5.92. The maximum atomic E-state index is 6.01. The molecule has 4 heteroatoms. The van der Waals surface area contributed by atoms with Gasteiger partial charge in [-0.25, -0.2) is 4.98 Å². The molecule has 0 atom stereocenters. The van der Waals surface area contributed by atoms with Gasteiger partial charge in [0.25, 0.3) is 0 Å². The molecule has 1 aliphatic carbocycles. The monoisotopic (exact) mass is 306 g/mol. The summed E-state index contributed by atoms with van der Waals surface area (Å²) in [5.74, 6) is 1.67. The normalized spacial score (nSPS) is 16.1. The van der Waals surface area contributed by atoms with Gasteiger partial charge in [0.15, 0.2) is 0 Å². The zero-order chi connectivity index (χ0) is 14.7. The van der Waals surface area contributed by atoms with E-state index in [0.717, 1.165) is 30.9 Å². The molecule has 0 bridgehead atoms. The van der Waals surface area contributed by atoms with Gasteiger partial charge in [0.2, 0.25) is 0 Å². The maximum Gasteiger partial charge on any atom is 0.111 e. The third kappa shape index (κ3) is 3.41. The SMILES string of the molecule is Cc1ccc2nc(CCCl)n(CCOC3CCCC3)c2c1. The number of hydrogen-bond donors (Lipinski definition) is 0. The van der Waals surface area contributed by atoms with Crippen molar-refractivity contribution >= 4 is 22.6 Å². The van der Waals surface area contributed by atoms with Crippen LogP contribution in [0.2, 0.25) is 0 Å². The van der Waals surface area contributed by atoms with Gasteiger partial charge in [0.1, 0.15) is 5.82 Å². The molecule has 0 radical (unpaired) electrons. The highest BCUT2D eigenvalue weighted by Gasteiger charge is 2.16. The minimum absolute atomic E-state index is 0.470. The van der Waals surface area contributed by atoms with Crippen LogP contribution in [0.5, 0.6) is 0 Å². The van der Waals surface area contributed by atoms with Crippen LogP contribution in [-0.4, -0.2) is 28.1 Å². The molecule has 2 aromatic rings. The van der Waals surface area contributed by atoms with Crippen LogP contribution in [0.25, 0.3) is 11.0 Å². The molecule has 0 unspecified atom stereocenters. The van der Waals surface area contributed by atoms with E-state index in [2.05, 4.69) is 29.7 Å². The van der Waals surface area contributed by atoms with Gasteiger partial charge >= 0.3 is 0 Å². The van der Waals surface area contributed by atoms with Crippen LogP contribution in [0.1, 0.15) is 37.1 Å². The van der Waals surface area contributed by atoms with Crippen LogP contribution in [0.3, 0.4) is 0 Å². The number of hydrogen-bond acceptors (Lipinski definition) is 2. The molecular formula is C17H23ClN2O. The number of halogens is 1. The first-order chi connectivity index (χ1) is 10.3. The predicted octanol–water partition coefficient (Wildman–Crippen LogP) is 4.09. The third-order valence-electron chi connectivity index (χ3n) is 4.27. The molecule has 3 nitrogen and oxygen atoms in total. The fourth-order valence-electron chi connectivity index (χ4n) is 3.17.